The highest BCUT2D eigenvalue weighted by atomic mass is 16.5. The van der Waals surface area contributed by atoms with E-state index in [0.717, 1.165) is 11.1 Å². The van der Waals surface area contributed by atoms with Crippen LogP contribution < -0.4 is 16.2 Å². The van der Waals surface area contributed by atoms with E-state index in [9.17, 15) is 4.79 Å². The van der Waals surface area contributed by atoms with E-state index in [-0.39, 0.29) is 6.04 Å². The maximum atomic E-state index is 10.9. The van der Waals surface area contributed by atoms with Gasteiger partial charge in [0.1, 0.15) is 5.75 Å². The van der Waals surface area contributed by atoms with Crippen LogP contribution in [-0.2, 0) is 4.79 Å². The highest BCUT2D eigenvalue weighted by molar-refractivity contribution is 5.78. The van der Waals surface area contributed by atoms with Gasteiger partial charge in [-0.25, -0.2) is 0 Å². The molecule has 1 aromatic rings. The van der Waals surface area contributed by atoms with E-state index in [2.05, 4.69) is 0 Å². The Morgan fingerprint density at radius 3 is 2.44 bits per heavy atom. The Hall–Kier alpha value is -1.55. The number of ether oxygens (including phenoxy) is 1. The van der Waals surface area contributed by atoms with E-state index in [0.29, 0.717) is 5.75 Å². The Morgan fingerprint density at radius 1 is 1.38 bits per heavy atom. The van der Waals surface area contributed by atoms with Crippen LogP contribution in [0.1, 0.15) is 31.0 Å². The van der Waals surface area contributed by atoms with E-state index in [1.807, 2.05) is 32.0 Å². The number of amides is 1. The molecule has 16 heavy (non-hydrogen) atoms. The number of rotatable bonds is 4. The lowest BCUT2D eigenvalue weighted by atomic mass is 10.1. The monoisotopic (exact) mass is 222 g/mol. The number of aryl methyl sites for hydroxylation is 1. The number of primary amides is 1. The molecular formula is C12H18N2O2. The molecular weight excluding hydrogens is 204 g/mol. The highest BCUT2D eigenvalue weighted by Crippen LogP contribution is 2.22. The van der Waals surface area contributed by atoms with Gasteiger partial charge in [-0.05, 0) is 38.0 Å². The second-order valence-electron chi connectivity index (χ2n) is 3.98. The number of carbonyl (C=O) groups is 1. The van der Waals surface area contributed by atoms with Crippen LogP contribution in [-0.4, -0.2) is 12.0 Å². The summed E-state index contributed by atoms with van der Waals surface area (Å²) in [5, 5.41) is 0. The minimum absolute atomic E-state index is 0.0127. The van der Waals surface area contributed by atoms with Crippen molar-refractivity contribution in [3.05, 3.63) is 29.3 Å². The quantitative estimate of drug-likeness (QED) is 0.805. The van der Waals surface area contributed by atoms with Gasteiger partial charge in [0.2, 0.25) is 0 Å². The van der Waals surface area contributed by atoms with Crippen molar-refractivity contribution < 1.29 is 9.53 Å². The van der Waals surface area contributed by atoms with Crippen LogP contribution in [0, 0.1) is 6.92 Å². The lowest BCUT2D eigenvalue weighted by Crippen LogP contribution is -2.30. The van der Waals surface area contributed by atoms with Crippen LogP contribution in [0.5, 0.6) is 5.75 Å². The van der Waals surface area contributed by atoms with Crippen LogP contribution in [0.25, 0.3) is 0 Å². The van der Waals surface area contributed by atoms with E-state index in [1.54, 1.807) is 6.92 Å². The second-order valence-corrected chi connectivity index (χ2v) is 3.98. The predicted molar refractivity (Wildman–Crippen MR) is 63.1 cm³/mol. The number of benzene rings is 1. The summed E-state index contributed by atoms with van der Waals surface area (Å²) in [6.45, 7) is 5.46. The summed E-state index contributed by atoms with van der Waals surface area (Å²) >= 11 is 0. The topological polar surface area (TPSA) is 78.3 Å². The molecule has 2 atom stereocenters. The largest absolute Gasteiger partial charge is 0.481 e. The molecule has 2 unspecified atom stereocenters. The van der Waals surface area contributed by atoms with E-state index in [4.69, 9.17) is 16.2 Å². The van der Waals surface area contributed by atoms with Crippen molar-refractivity contribution in [3.63, 3.8) is 0 Å². The molecule has 0 saturated carbocycles. The summed E-state index contributed by atoms with van der Waals surface area (Å²) in [6.07, 6.45) is -0.625. The van der Waals surface area contributed by atoms with E-state index >= 15 is 0 Å². The van der Waals surface area contributed by atoms with Crippen LogP contribution in [0.4, 0.5) is 0 Å². The first-order valence-corrected chi connectivity index (χ1v) is 5.24. The molecule has 0 spiro atoms. The SMILES string of the molecule is Cc1cc(C(C)N)ccc1OC(C)C(N)=O. The predicted octanol–water partition coefficient (Wildman–Crippen LogP) is 1.27. The Bertz CT molecular complexity index is 389. The lowest BCUT2D eigenvalue weighted by molar-refractivity contribution is -0.123. The fourth-order valence-electron chi connectivity index (χ4n) is 1.34. The third-order valence-electron chi connectivity index (χ3n) is 2.43. The van der Waals surface area contributed by atoms with Crippen LogP contribution in [0.2, 0.25) is 0 Å². The summed E-state index contributed by atoms with van der Waals surface area (Å²) in [4.78, 5) is 10.9. The summed E-state index contributed by atoms with van der Waals surface area (Å²) in [5.74, 6) is 0.186. The molecule has 1 aromatic carbocycles. The zero-order valence-electron chi connectivity index (χ0n) is 9.86. The summed E-state index contributed by atoms with van der Waals surface area (Å²) in [6, 6.07) is 5.64. The number of nitrogens with two attached hydrogens (primary N) is 2. The van der Waals surface area contributed by atoms with Crippen LogP contribution >= 0.6 is 0 Å². The van der Waals surface area contributed by atoms with Gasteiger partial charge in [0.15, 0.2) is 6.10 Å². The van der Waals surface area contributed by atoms with Crippen molar-refractivity contribution in [1.29, 1.82) is 0 Å². The van der Waals surface area contributed by atoms with Gasteiger partial charge in [0, 0.05) is 6.04 Å². The van der Waals surface area contributed by atoms with Crippen molar-refractivity contribution in [2.45, 2.75) is 32.9 Å². The van der Waals surface area contributed by atoms with Crippen molar-refractivity contribution in [2.24, 2.45) is 11.5 Å². The van der Waals surface area contributed by atoms with Gasteiger partial charge >= 0.3 is 0 Å². The van der Waals surface area contributed by atoms with Gasteiger partial charge in [-0.1, -0.05) is 12.1 Å². The van der Waals surface area contributed by atoms with Gasteiger partial charge in [0.25, 0.3) is 5.91 Å². The Balaban J connectivity index is 2.87. The first kappa shape index (κ1) is 12.5. The maximum Gasteiger partial charge on any atom is 0.258 e. The van der Waals surface area contributed by atoms with Gasteiger partial charge in [-0.2, -0.15) is 0 Å². The molecule has 0 radical (unpaired) electrons. The molecule has 0 aliphatic carbocycles. The zero-order valence-corrected chi connectivity index (χ0v) is 9.86. The Morgan fingerprint density at radius 2 is 2.00 bits per heavy atom. The first-order valence-electron chi connectivity index (χ1n) is 5.24. The van der Waals surface area contributed by atoms with Crippen LogP contribution in [0.3, 0.4) is 0 Å². The summed E-state index contributed by atoms with van der Waals surface area (Å²) in [7, 11) is 0. The minimum Gasteiger partial charge on any atom is -0.481 e. The average molecular weight is 222 g/mol. The van der Waals surface area contributed by atoms with Gasteiger partial charge < -0.3 is 16.2 Å². The third kappa shape index (κ3) is 2.97. The van der Waals surface area contributed by atoms with Gasteiger partial charge in [-0.3, -0.25) is 4.79 Å². The van der Waals surface area contributed by atoms with Crippen LogP contribution in [0.15, 0.2) is 18.2 Å². The maximum absolute atomic E-state index is 10.9. The molecule has 1 amide bonds. The minimum atomic E-state index is -0.625. The van der Waals surface area contributed by atoms with Gasteiger partial charge in [-0.15, -0.1) is 0 Å². The fourth-order valence-corrected chi connectivity index (χ4v) is 1.34. The fraction of sp³-hybridized carbons (Fsp3) is 0.417. The highest BCUT2D eigenvalue weighted by Gasteiger charge is 2.12. The van der Waals surface area contributed by atoms with E-state index < -0.39 is 12.0 Å². The summed E-state index contributed by atoms with van der Waals surface area (Å²) in [5.41, 5.74) is 12.9. The zero-order chi connectivity index (χ0) is 12.3. The standard InChI is InChI=1S/C12H18N2O2/c1-7-6-10(8(2)13)4-5-11(7)16-9(3)12(14)15/h4-6,8-9H,13H2,1-3H3,(H2,14,15). The van der Waals surface area contributed by atoms with Crippen molar-refractivity contribution in [3.8, 4) is 5.75 Å². The molecule has 0 aromatic heterocycles. The molecule has 0 aliphatic heterocycles. The molecule has 4 heteroatoms. The smallest absolute Gasteiger partial charge is 0.258 e. The molecule has 0 heterocycles. The van der Waals surface area contributed by atoms with Gasteiger partial charge in [0.05, 0.1) is 0 Å². The van der Waals surface area contributed by atoms with Crippen molar-refractivity contribution >= 4 is 5.91 Å². The third-order valence-corrected chi connectivity index (χ3v) is 2.43. The molecule has 0 saturated heterocycles. The normalized spacial score (nSPS) is 14.2. The number of hydrogen-bond acceptors (Lipinski definition) is 3. The van der Waals surface area contributed by atoms with Crippen molar-refractivity contribution in [1.82, 2.24) is 0 Å². The number of carbonyl (C=O) groups excluding carboxylic acids is 1. The molecule has 0 bridgehead atoms. The lowest BCUT2D eigenvalue weighted by Gasteiger charge is -2.15. The average Bonchev–Trinajstić information content (AvgIpc) is 2.20. The Labute approximate surface area is 95.6 Å². The molecule has 4 nitrogen and oxygen atoms in total. The second kappa shape index (κ2) is 4.99. The molecule has 0 fully saturated rings. The molecule has 1 rings (SSSR count). The molecule has 88 valence electrons. The van der Waals surface area contributed by atoms with E-state index in [1.165, 1.54) is 0 Å². The number of hydrogen-bond donors (Lipinski definition) is 2. The Kier molecular flexibility index (Phi) is 3.90. The molecule has 4 N–H and O–H groups in total. The first-order chi connectivity index (χ1) is 7.41. The molecule has 0 aliphatic rings. The van der Waals surface area contributed by atoms with Crippen molar-refractivity contribution in [2.75, 3.05) is 0 Å². The summed E-state index contributed by atoms with van der Waals surface area (Å²) < 4.78 is 5.43.